The molecule has 2 heterocycles. The van der Waals surface area contributed by atoms with Gasteiger partial charge in [-0.3, -0.25) is 4.79 Å². The molecule has 7 heteroatoms. The van der Waals surface area contributed by atoms with Crippen LogP contribution in [0.2, 0.25) is 0 Å². The number of aliphatic hydroxyl groups is 1. The minimum Gasteiger partial charge on any atom is -0.383 e. The number of carbonyl (C=O) groups is 1. The number of aryl methyl sites for hydroxylation is 1. The number of nitrogens with one attached hydrogen (secondary N) is 1. The molecule has 2 N–H and O–H groups in total. The molecule has 0 fully saturated rings. The van der Waals surface area contributed by atoms with Crippen molar-refractivity contribution in [2.75, 3.05) is 6.54 Å². The van der Waals surface area contributed by atoms with E-state index in [9.17, 15) is 9.90 Å². The number of allylic oxidation sites excluding steroid dienone is 1. The van der Waals surface area contributed by atoms with E-state index < -0.39 is 6.10 Å². The van der Waals surface area contributed by atoms with Gasteiger partial charge in [-0.1, -0.05) is 26.0 Å². The number of rotatable bonds is 5. The Kier molecular flexibility index (Phi) is 6.11. The monoisotopic (exact) mass is 424 g/mol. The fourth-order valence-corrected chi connectivity index (χ4v) is 4.53. The van der Waals surface area contributed by atoms with Gasteiger partial charge < -0.3 is 9.83 Å². The van der Waals surface area contributed by atoms with Crippen LogP contribution in [0.4, 0.5) is 5.69 Å². The lowest BCUT2D eigenvalue weighted by Gasteiger charge is -2.22. The highest BCUT2D eigenvalue weighted by molar-refractivity contribution is 7.98. The van der Waals surface area contributed by atoms with Crippen LogP contribution in [0.1, 0.15) is 45.1 Å². The number of nitrogens with zero attached hydrogens (tertiary/aromatic N) is 3. The lowest BCUT2D eigenvalue weighted by Crippen LogP contribution is -2.34. The molecule has 1 aromatic carbocycles. The van der Waals surface area contributed by atoms with Crippen molar-refractivity contribution in [3.8, 4) is 0 Å². The quantitative estimate of drug-likeness (QED) is 0.692. The first-order valence-corrected chi connectivity index (χ1v) is 11.4. The van der Waals surface area contributed by atoms with Crippen molar-refractivity contribution < 1.29 is 9.90 Å². The Labute approximate surface area is 182 Å². The molecule has 1 aromatic rings. The van der Waals surface area contributed by atoms with E-state index in [1.807, 2.05) is 19.1 Å². The van der Waals surface area contributed by atoms with Gasteiger partial charge in [0.1, 0.15) is 11.9 Å². The van der Waals surface area contributed by atoms with Crippen LogP contribution >= 0.6 is 11.9 Å². The minimum atomic E-state index is -0.939. The predicted octanol–water partition coefficient (Wildman–Crippen LogP) is 4.28. The number of aliphatic hydroxyl groups excluding tert-OH is 1. The van der Waals surface area contributed by atoms with Crippen molar-refractivity contribution in [1.82, 2.24) is 9.73 Å². The van der Waals surface area contributed by atoms with Gasteiger partial charge in [0.05, 0.1) is 21.9 Å². The van der Waals surface area contributed by atoms with Gasteiger partial charge in [-0.05, 0) is 79.8 Å². The summed E-state index contributed by atoms with van der Waals surface area (Å²) in [6.07, 6.45) is 6.54. The molecule has 1 unspecified atom stereocenters. The SMILES string of the molecule is Cc1ccc2c(c1)SNC(C1=CC(O)C(C3=CCCC3)=NN(CCC(C)C)C1=O)=N2. The molecule has 6 nitrogen and oxygen atoms in total. The van der Waals surface area contributed by atoms with Crippen LogP contribution in [0, 0.1) is 12.8 Å². The highest BCUT2D eigenvalue weighted by Crippen LogP contribution is 2.34. The zero-order chi connectivity index (χ0) is 21.3. The predicted molar refractivity (Wildman–Crippen MR) is 122 cm³/mol. The van der Waals surface area contributed by atoms with E-state index in [0.29, 0.717) is 29.6 Å². The molecule has 0 spiro atoms. The van der Waals surface area contributed by atoms with E-state index >= 15 is 0 Å². The summed E-state index contributed by atoms with van der Waals surface area (Å²) < 4.78 is 3.20. The van der Waals surface area contributed by atoms with Crippen LogP contribution < -0.4 is 4.72 Å². The number of aliphatic imine (C=N–C) groups is 1. The van der Waals surface area contributed by atoms with E-state index in [2.05, 4.69) is 40.8 Å². The Balaban J connectivity index is 1.71. The number of hydrogen-bond donors (Lipinski definition) is 2. The maximum atomic E-state index is 13.4. The van der Waals surface area contributed by atoms with Gasteiger partial charge in [0.15, 0.2) is 0 Å². The Bertz CT molecular complexity index is 977. The van der Waals surface area contributed by atoms with Gasteiger partial charge in [0.25, 0.3) is 5.91 Å². The van der Waals surface area contributed by atoms with Gasteiger partial charge in [-0.25, -0.2) is 10.0 Å². The number of amidine groups is 1. The zero-order valence-electron chi connectivity index (χ0n) is 17.7. The van der Waals surface area contributed by atoms with E-state index in [1.165, 1.54) is 17.0 Å². The summed E-state index contributed by atoms with van der Waals surface area (Å²) in [5.74, 6) is 0.677. The third-order valence-electron chi connectivity index (χ3n) is 5.45. The normalized spacial score (nSPS) is 21.4. The minimum absolute atomic E-state index is 0.231. The second-order valence-electron chi connectivity index (χ2n) is 8.38. The molecule has 158 valence electrons. The number of fused-ring (bicyclic) bond motifs is 1. The Morgan fingerprint density at radius 3 is 2.93 bits per heavy atom. The molecule has 0 bridgehead atoms. The van der Waals surface area contributed by atoms with Crippen LogP contribution in [-0.4, -0.2) is 40.2 Å². The summed E-state index contributed by atoms with van der Waals surface area (Å²) in [6.45, 7) is 6.80. The maximum absolute atomic E-state index is 13.4. The van der Waals surface area contributed by atoms with Gasteiger partial charge in [0.2, 0.25) is 0 Å². The maximum Gasteiger partial charge on any atom is 0.277 e. The lowest BCUT2D eigenvalue weighted by atomic mass is 10.0. The first-order valence-electron chi connectivity index (χ1n) is 10.5. The second-order valence-corrected chi connectivity index (χ2v) is 9.23. The number of amides is 1. The highest BCUT2D eigenvalue weighted by atomic mass is 32.2. The third kappa shape index (κ3) is 4.37. The van der Waals surface area contributed by atoms with Crippen molar-refractivity contribution in [3.63, 3.8) is 0 Å². The van der Waals surface area contributed by atoms with Crippen molar-refractivity contribution in [1.29, 1.82) is 0 Å². The van der Waals surface area contributed by atoms with Crippen LogP contribution in [0.5, 0.6) is 0 Å². The molecular formula is C23H28N4O2S. The van der Waals surface area contributed by atoms with Crippen molar-refractivity contribution in [3.05, 3.63) is 47.1 Å². The molecule has 4 rings (SSSR count). The molecule has 3 aliphatic rings. The summed E-state index contributed by atoms with van der Waals surface area (Å²) in [7, 11) is 0. The van der Waals surface area contributed by atoms with E-state index in [-0.39, 0.29) is 5.91 Å². The molecule has 0 saturated heterocycles. The average molecular weight is 425 g/mol. The Morgan fingerprint density at radius 2 is 2.20 bits per heavy atom. The fraction of sp³-hybridized carbons (Fsp3) is 0.435. The summed E-state index contributed by atoms with van der Waals surface area (Å²) in [4.78, 5) is 19.1. The second kappa shape index (κ2) is 8.78. The van der Waals surface area contributed by atoms with Gasteiger partial charge in [0, 0.05) is 6.54 Å². The number of hydrazone groups is 1. The van der Waals surface area contributed by atoms with Crippen molar-refractivity contribution in [2.45, 2.75) is 57.5 Å². The van der Waals surface area contributed by atoms with Crippen LogP contribution in [-0.2, 0) is 4.79 Å². The van der Waals surface area contributed by atoms with Gasteiger partial charge in [-0.15, -0.1) is 0 Å². The van der Waals surface area contributed by atoms with Crippen molar-refractivity contribution >= 4 is 35.1 Å². The van der Waals surface area contributed by atoms with Crippen LogP contribution in [0.3, 0.4) is 0 Å². The third-order valence-corrected chi connectivity index (χ3v) is 6.29. The van der Waals surface area contributed by atoms with Crippen LogP contribution in [0.15, 0.2) is 56.5 Å². The highest BCUT2D eigenvalue weighted by Gasteiger charge is 2.32. The Morgan fingerprint density at radius 1 is 1.37 bits per heavy atom. The summed E-state index contributed by atoms with van der Waals surface area (Å²) >= 11 is 1.44. The summed E-state index contributed by atoms with van der Waals surface area (Å²) in [6, 6.07) is 6.03. The van der Waals surface area contributed by atoms with Gasteiger partial charge >= 0.3 is 0 Å². The topological polar surface area (TPSA) is 77.3 Å². The Hall–Kier alpha value is -2.38. The molecule has 0 radical (unpaired) electrons. The molecule has 1 amide bonds. The molecule has 1 atom stereocenters. The summed E-state index contributed by atoms with van der Waals surface area (Å²) in [5.41, 5.74) is 3.96. The standard InChI is InChI=1S/C23H28N4O2S/c1-14(2)10-11-27-23(29)17(13-19(28)21(25-27)16-6-4-5-7-16)22-24-18-9-8-15(3)12-20(18)30-26-22/h6,8-9,12-14,19,28H,4-5,7,10-11H2,1-3H3,(H,24,26). The molecule has 0 aromatic heterocycles. The first-order chi connectivity index (χ1) is 14.4. The average Bonchev–Trinajstić information content (AvgIpc) is 3.21. The summed E-state index contributed by atoms with van der Waals surface area (Å²) in [5, 5.41) is 17.1. The number of carbonyl (C=O) groups excluding carboxylic acids is 1. The van der Waals surface area contributed by atoms with Crippen molar-refractivity contribution in [2.24, 2.45) is 16.0 Å². The largest absolute Gasteiger partial charge is 0.383 e. The van der Waals surface area contributed by atoms with E-state index in [0.717, 1.165) is 47.4 Å². The smallest absolute Gasteiger partial charge is 0.277 e. The van der Waals surface area contributed by atoms with Gasteiger partial charge in [-0.2, -0.15) is 5.10 Å². The van der Waals surface area contributed by atoms with Crippen LogP contribution in [0.25, 0.3) is 0 Å². The first kappa shape index (κ1) is 20.9. The number of hydrogen-bond acceptors (Lipinski definition) is 6. The zero-order valence-corrected chi connectivity index (χ0v) is 18.5. The van der Waals surface area contributed by atoms with E-state index in [1.54, 1.807) is 6.08 Å². The molecule has 30 heavy (non-hydrogen) atoms. The molecule has 0 saturated carbocycles. The molecular weight excluding hydrogens is 396 g/mol. The lowest BCUT2D eigenvalue weighted by molar-refractivity contribution is -0.126. The fourth-order valence-electron chi connectivity index (χ4n) is 3.71. The van der Waals surface area contributed by atoms with E-state index in [4.69, 9.17) is 0 Å². The molecule has 2 aliphatic heterocycles. The molecule has 1 aliphatic carbocycles. The number of benzene rings is 1.